The molecule has 0 saturated carbocycles. The number of sulfonamides is 1. The highest BCUT2D eigenvalue weighted by molar-refractivity contribution is 7.88. The van der Waals surface area contributed by atoms with Crippen molar-refractivity contribution in [2.45, 2.75) is 19.2 Å². The van der Waals surface area contributed by atoms with Crippen LogP contribution in [0.15, 0.2) is 53.1 Å². The fourth-order valence-corrected chi connectivity index (χ4v) is 3.51. The van der Waals surface area contributed by atoms with Crippen LogP contribution in [0.2, 0.25) is 0 Å². The van der Waals surface area contributed by atoms with Crippen LogP contribution in [-0.4, -0.2) is 25.7 Å². The molecule has 0 spiro atoms. The summed E-state index contributed by atoms with van der Waals surface area (Å²) in [6, 6.07) is 14.6. The van der Waals surface area contributed by atoms with E-state index in [1.54, 1.807) is 19.2 Å². The zero-order valence-electron chi connectivity index (χ0n) is 14.5. The number of aryl methyl sites for hydroxylation is 1. The van der Waals surface area contributed by atoms with E-state index in [9.17, 15) is 8.42 Å². The second-order valence-electron chi connectivity index (χ2n) is 5.81. The number of hydrogen-bond donors (Lipinski definition) is 1. The number of benzene rings is 2. The smallest absolute Gasteiger partial charge is 0.242 e. The zero-order valence-corrected chi connectivity index (χ0v) is 15.3. The fourth-order valence-electron chi connectivity index (χ4n) is 2.45. The third-order valence-electron chi connectivity index (χ3n) is 3.68. The number of aromatic nitrogens is 2. The summed E-state index contributed by atoms with van der Waals surface area (Å²) in [6.07, 6.45) is 0. The number of hydrogen-bond acceptors (Lipinski definition) is 6. The summed E-state index contributed by atoms with van der Waals surface area (Å²) < 4.78 is 37.2. The van der Waals surface area contributed by atoms with Gasteiger partial charge in [0.05, 0.1) is 19.4 Å². The number of methoxy groups -OCH3 is 1. The second kappa shape index (κ2) is 7.67. The Morgan fingerprint density at radius 1 is 1.15 bits per heavy atom. The Morgan fingerprint density at radius 2 is 1.96 bits per heavy atom. The van der Waals surface area contributed by atoms with Crippen LogP contribution in [0.5, 0.6) is 5.75 Å². The molecule has 7 nitrogen and oxygen atoms in total. The van der Waals surface area contributed by atoms with E-state index in [0.717, 1.165) is 16.7 Å². The van der Waals surface area contributed by atoms with Gasteiger partial charge in [-0.2, -0.15) is 4.98 Å². The van der Waals surface area contributed by atoms with Gasteiger partial charge in [0.15, 0.2) is 0 Å². The zero-order chi connectivity index (χ0) is 18.6. The van der Waals surface area contributed by atoms with Crippen molar-refractivity contribution in [3.05, 3.63) is 65.5 Å². The molecule has 8 heteroatoms. The Kier molecular flexibility index (Phi) is 5.34. The number of nitrogens with one attached hydrogen (secondary N) is 1. The maximum atomic E-state index is 12.2. The molecule has 0 aliphatic rings. The predicted molar refractivity (Wildman–Crippen MR) is 96.9 cm³/mol. The van der Waals surface area contributed by atoms with Crippen LogP contribution >= 0.6 is 0 Å². The lowest BCUT2D eigenvalue weighted by atomic mass is 10.2. The molecule has 0 unspecified atom stereocenters. The van der Waals surface area contributed by atoms with Crippen molar-refractivity contribution < 1.29 is 17.7 Å². The van der Waals surface area contributed by atoms with Gasteiger partial charge >= 0.3 is 0 Å². The van der Waals surface area contributed by atoms with E-state index in [4.69, 9.17) is 9.26 Å². The van der Waals surface area contributed by atoms with Crippen molar-refractivity contribution in [2.24, 2.45) is 0 Å². The van der Waals surface area contributed by atoms with Gasteiger partial charge in [-0.25, -0.2) is 13.1 Å². The monoisotopic (exact) mass is 373 g/mol. The summed E-state index contributed by atoms with van der Waals surface area (Å²) in [6.45, 7) is 1.85. The fraction of sp³-hybridized carbons (Fsp3) is 0.222. The number of rotatable bonds is 7. The van der Waals surface area contributed by atoms with Crippen molar-refractivity contribution in [3.8, 4) is 17.1 Å². The van der Waals surface area contributed by atoms with E-state index >= 15 is 0 Å². The van der Waals surface area contributed by atoms with E-state index in [1.807, 2.05) is 43.3 Å². The largest absolute Gasteiger partial charge is 0.497 e. The normalized spacial score (nSPS) is 11.5. The standard InChI is InChI=1S/C18H19N3O4S/c1-13-5-3-6-14(9-13)12-26(22,23)19-11-17-20-18(21-25-17)15-7-4-8-16(10-15)24-2/h3-10,19H,11-12H2,1-2H3. The van der Waals surface area contributed by atoms with Crippen molar-refractivity contribution in [1.29, 1.82) is 0 Å². The van der Waals surface area contributed by atoms with E-state index in [1.165, 1.54) is 0 Å². The van der Waals surface area contributed by atoms with Crippen molar-refractivity contribution in [3.63, 3.8) is 0 Å². The van der Waals surface area contributed by atoms with E-state index in [-0.39, 0.29) is 18.2 Å². The summed E-state index contributed by atoms with van der Waals surface area (Å²) in [4.78, 5) is 4.22. The van der Waals surface area contributed by atoms with Gasteiger partial charge in [-0.05, 0) is 24.6 Å². The summed E-state index contributed by atoms with van der Waals surface area (Å²) in [5.74, 6) is 1.13. The molecule has 0 aliphatic heterocycles. The first-order valence-electron chi connectivity index (χ1n) is 7.95. The molecule has 136 valence electrons. The molecule has 0 atom stereocenters. The van der Waals surface area contributed by atoms with Gasteiger partial charge in [-0.1, -0.05) is 47.1 Å². The molecule has 1 aromatic heterocycles. The molecular formula is C18H19N3O4S. The summed E-state index contributed by atoms with van der Waals surface area (Å²) in [5.41, 5.74) is 2.46. The van der Waals surface area contributed by atoms with Crippen LogP contribution in [0.25, 0.3) is 11.4 Å². The van der Waals surface area contributed by atoms with Gasteiger partial charge in [-0.15, -0.1) is 0 Å². The molecule has 0 amide bonds. The predicted octanol–water partition coefficient (Wildman–Crippen LogP) is 2.67. The Balaban J connectivity index is 1.65. The molecule has 3 rings (SSSR count). The lowest BCUT2D eigenvalue weighted by Gasteiger charge is -2.05. The molecule has 1 heterocycles. The van der Waals surface area contributed by atoms with Crippen LogP contribution in [0.4, 0.5) is 0 Å². The maximum Gasteiger partial charge on any atom is 0.242 e. The molecule has 0 radical (unpaired) electrons. The highest BCUT2D eigenvalue weighted by atomic mass is 32.2. The third-order valence-corrected chi connectivity index (χ3v) is 4.98. The SMILES string of the molecule is COc1cccc(-c2noc(CNS(=O)(=O)Cc3cccc(C)c3)n2)c1. The minimum atomic E-state index is -3.51. The van der Waals surface area contributed by atoms with E-state index in [0.29, 0.717) is 11.6 Å². The molecule has 0 fully saturated rings. The van der Waals surface area contributed by atoms with Crippen molar-refractivity contribution in [2.75, 3.05) is 7.11 Å². The molecule has 2 aromatic carbocycles. The van der Waals surface area contributed by atoms with Gasteiger partial charge in [0.25, 0.3) is 0 Å². The Hall–Kier alpha value is -2.71. The van der Waals surface area contributed by atoms with Gasteiger partial charge in [0.2, 0.25) is 21.7 Å². The molecule has 0 aliphatic carbocycles. The van der Waals surface area contributed by atoms with Crippen LogP contribution in [0, 0.1) is 6.92 Å². The van der Waals surface area contributed by atoms with Crippen LogP contribution < -0.4 is 9.46 Å². The summed E-state index contributed by atoms with van der Waals surface area (Å²) in [5, 5.41) is 3.88. The van der Waals surface area contributed by atoms with Gasteiger partial charge in [0, 0.05) is 5.56 Å². The van der Waals surface area contributed by atoms with Crippen molar-refractivity contribution in [1.82, 2.24) is 14.9 Å². The minimum Gasteiger partial charge on any atom is -0.497 e. The van der Waals surface area contributed by atoms with Crippen molar-refractivity contribution >= 4 is 10.0 Å². The molecular weight excluding hydrogens is 354 g/mol. The molecule has 3 aromatic rings. The Bertz CT molecular complexity index is 999. The van der Waals surface area contributed by atoms with Gasteiger partial charge < -0.3 is 9.26 Å². The molecule has 0 bridgehead atoms. The second-order valence-corrected chi connectivity index (χ2v) is 7.62. The highest BCUT2D eigenvalue weighted by Gasteiger charge is 2.15. The Morgan fingerprint density at radius 3 is 2.73 bits per heavy atom. The lowest BCUT2D eigenvalue weighted by Crippen LogP contribution is -2.24. The van der Waals surface area contributed by atoms with Crippen LogP contribution in [0.3, 0.4) is 0 Å². The molecule has 26 heavy (non-hydrogen) atoms. The van der Waals surface area contributed by atoms with E-state index in [2.05, 4.69) is 14.9 Å². The first-order chi connectivity index (χ1) is 12.4. The first-order valence-corrected chi connectivity index (χ1v) is 9.60. The summed E-state index contributed by atoms with van der Waals surface area (Å²) >= 11 is 0. The van der Waals surface area contributed by atoms with Gasteiger partial charge in [-0.3, -0.25) is 0 Å². The molecule has 1 N–H and O–H groups in total. The van der Waals surface area contributed by atoms with E-state index < -0.39 is 10.0 Å². The highest BCUT2D eigenvalue weighted by Crippen LogP contribution is 2.21. The molecule has 0 saturated heterocycles. The Labute approximate surface area is 152 Å². The van der Waals surface area contributed by atoms with Crippen LogP contribution in [-0.2, 0) is 22.3 Å². The summed E-state index contributed by atoms with van der Waals surface area (Å²) in [7, 11) is -1.94. The average molecular weight is 373 g/mol. The number of nitrogens with zero attached hydrogens (tertiary/aromatic N) is 2. The van der Waals surface area contributed by atoms with Crippen LogP contribution in [0.1, 0.15) is 17.0 Å². The maximum absolute atomic E-state index is 12.2. The van der Waals surface area contributed by atoms with Gasteiger partial charge in [0.1, 0.15) is 5.75 Å². The number of ether oxygens (including phenoxy) is 1. The quantitative estimate of drug-likeness (QED) is 0.684. The first kappa shape index (κ1) is 18.1. The topological polar surface area (TPSA) is 94.3 Å². The minimum absolute atomic E-state index is 0.0644. The third kappa shape index (κ3) is 4.68. The lowest BCUT2D eigenvalue weighted by molar-refractivity contribution is 0.376. The average Bonchev–Trinajstić information content (AvgIpc) is 3.09.